The second-order valence-electron chi connectivity index (χ2n) is 4.70. The quantitative estimate of drug-likeness (QED) is 0.798. The maximum atomic E-state index is 12.0. The molecule has 2 aromatic heterocycles. The maximum Gasteiger partial charge on any atom is 0.305 e. The van der Waals surface area contributed by atoms with Crippen LogP contribution in [-0.4, -0.2) is 36.5 Å². The topological polar surface area (TPSA) is 102 Å². The Balaban J connectivity index is 1.91. The first kappa shape index (κ1) is 14.8. The number of carbonyl (C=O) groups excluding carboxylic acids is 1. The Kier molecular flexibility index (Phi) is 4.36. The van der Waals surface area contributed by atoms with E-state index < -0.39 is 5.97 Å². The number of aryl methyl sites for hydroxylation is 3. The lowest BCUT2D eigenvalue weighted by molar-refractivity contribution is -0.137. The highest BCUT2D eigenvalue weighted by atomic mass is 16.4. The van der Waals surface area contributed by atoms with E-state index in [1.165, 1.54) is 4.68 Å². The molecule has 0 radical (unpaired) electrons. The van der Waals surface area contributed by atoms with E-state index >= 15 is 0 Å². The van der Waals surface area contributed by atoms with Crippen LogP contribution in [0.1, 0.15) is 28.2 Å². The maximum absolute atomic E-state index is 12.0. The smallest absolute Gasteiger partial charge is 0.305 e. The highest BCUT2D eigenvalue weighted by Gasteiger charge is 2.11. The fourth-order valence-corrected chi connectivity index (χ4v) is 1.91. The van der Waals surface area contributed by atoms with Gasteiger partial charge in [0.25, 0.3) is 5.91 Å². The second kappa shape index (κ2) is 6.21. The number of hydrogen-bond acceptors (Lipinski definition) is 4. The van der Waals surface area contributed by atoms with Gasteiger partial charge in [-0.1, -0.05) is 0 Å². The van der Waals surface area contributed by atoms with Crippen molar-refractivity contribution in [2.75, 3.05) is 0 Å². The molecular formula is C13H17N5O3. The van der Waals surface area contributed by atoms with E-state index in [-0.39, 0.29) is 24.6 Å². The Hall–Kier alpha value is -2.64. The third kappa shape index (κ3) is 3.91. The van der Waals surface area contributed by atoms with Crippen molar-refractivity contribution in [2.24, 2.45) is 7.05 Å². The number of carboxylic acid groups (broad SMARTS) is 1. The molecule has 0 atom stereocenters. The molecule has 2 rings (SSSR count). The summed E-state index contributed by atoms with van der Waals surface area (Å²) in [5.74, 6) is -1.20. The van der Waals surface area contributed by atoms with Crippen LogP contribution in [0.3, 0.4) is 0 Å². The lowest BCUT2D eigenvalue weighted by atomic mass is 10.2. The van der Waals surface area contributed by atoms with Gasteiger partial charge in [0, 0.05) is 31.5 Å². The number of hydrogen-bond donors (Lipinski definition) is 2. The van der Waals surface area contributed by atoms with E-state index in [1.54, 1.807) is 16.9 Å². The number of rotatable bonds is 6. The number of nitrogens with zero attached hydrogens (tertiary/aromatic N) is 4. The summed E-state index contributed by atoms with van der Waals surface area (Å²) in [5.41, 5.74) is 2.07. The van der Waals surface area contributed by atoms with E-state index in [0.717, 1.165) is 11.3 Å². The van der Waals surface area contributed by atoms with Crippen LogP contribution in [0.2, 0.25) is 0 Å². The molecule has 1 amide bonds. The predicted octanol–water partition coefficient (Wildman–Crippen LogP) is 0.330. The van der Waals surface area contributed by atoms with E-state index in [9.17, 15) is 9.59 Å². The zero-order valence-electron chi connectivity index (χ0n) is 11.9. The normalized spacial score (nSPS) is 10.6. The van der Waals surface area contributed by atoms with Gasteiger partial charge in [-0.25, -0.2) is 0 Å². The van der Waals surface area contributed by atoms with Crippen LogP contribution < -0.4 is 5.32 Å². The molecule has 0 saturated carbocycles. The molecule has 0 fully saturated rings. The number of carbonyl (C=O) groups is 2. The number of aliphatic carboxylic acids is 1. The first-order chi connectivity index (χ1) is 9.95. The molecule has 8 heteroatoms. The van der Waals surface area contributed by atoms with Crippen molar-refractivity contribution in [3.63, 3.8) is 0 Å². The van der Waals surface area contributed by atoms with E-state index in [0.29, 0.717) is 6.54 Å². The summed E-state index contributed by atoms with van der Waals surface area (Å²) in [6.45, 7) is 2.49. The lowest BCUT2D eigenvalue weighted by Gasteiger charge is -2.02. The van der Waals surface area contributed by atoms with Crippen LogP contribution in [0.4, 0.5) is 0 Å². The van der Waals surface area contributed by atoms with Crippen molar-refractivity contribution in [1.29, 1.82) is 0 Å². The minimum atomic E-state index is -0.899. The van der Waals surface area contributed by atoms with Gasteiger partial charge in [0.15, 0.2) is 0 Å². The highest BCUT2D eigenvalue weighted by Crippen LogP contribution is 2.04. The fraction of sp³-hybridized carbons (Fsp3) is 0.385. The van der Waals surface area contributed by atoms with Gasteiger partial charge < -0.3 is 10.4 Å². The van der Waals surface area contributed by atoms with Gasteiger partial charge in [-0.05, 0) is 13.0 Å². The average Bonchev–Trinajstić information content (AvgIpc) is 3.00. The molecule has 21 heavy (non-hydrogen) atoms. The minimum Gasteiger partial charge on any atom is -0.481 e. The largest absolute Gasteiger partial charge is 0.481 e. The Bertz CT molecular complexity index is 659. The van der Waals surface area contributed by atoms with Crippen LogP contribution >= 0.6 is 0 Å². The van der Waals surface area contributed by atoms with Crippen molar-refractivity contribution in [2.45, 2.75) is 26.4 Å². The van der Waals surface area contributed by atoms with Crippen LogP contribution in [0.15, 0.2) is 18.5 Å². The Morgan fingerprint density at radius 2 is 2.14 bits per heavy atom. The van der Waals surface area contributed by atoms with Crippen LogP contribution in [0.5, 0.6) is 0 Å². The molecular weight excluding hydrogens is 274 g/mol. The van der Waals surface area contributed by atoms with Gasteiger partial charge >= 0.3 is 5.97 Å². The molecule has 0 aliphatic rings. The van der Waals surface area contributed by atoms with E-state index in [4.69, 9.17) is 5.11 Å². The third-order valence-electron chi connectivity index (χ3n) is 2.98. The number of amides is 1. The van der Waals surface area contributed by atoms with Crippen LogP contribution in [0.25, 0.3) is 0 Å². The molecule has 2 aromatic rings. The fourth-order valence-electron chi connectivity index (χ4n) is 1.91. The summed E-state index contributed by atoms with van der Waals surface area (Å²) < 4.78 is 3.13. The van der Waals surface area contributed by atoms with Crippen LogP contribution in [-0.2, 0) is 24.9 Å². The van der Waals surface area contributed by atoms with Gasteiger partial charge in [-0.2, -0.15) is 10.2 Å². The molecule has 0 bridgehead atoms. The number of nitrogens with one attached hydrogen (secondary N) is 1. The van der Waals surface area contributed by atoms with E-state index in [1.807, 2.05) is 20.2 Å². The first-order valence-electron chi connectivity index (χ1n) is 6.48. The zero-order chi connectivity index (χ0) is 15.4. The van der Waals surface area contributed by atoms with Gasteiger partial charge in [-0.3, -0.25) is 19.0 Å². The Morgan fingerprint density at radius 1 is 1.38 bits per heavy atom. The molecule has 0 spiro atoms. The summed E-state index contributed by atoms with van der Waals surface area (Å²) in [4.78, 5) is 22.4. The summed E-state index contributed by atoms with van der Waals surface area (Å²) in [5, 5.41) is 19.6. The molecule has 0 unspecified atom stereocenters. The first-order valence-corrected chi connectivity index (χ1v) is 6.48. The minimum absolute atomic E-state index is 0.0301. The molecule has 0 saturated heterocycles. The molecule has 0 aromatic carbocycles. The van der Waals surface area contributed by atoms with Gasteiger partial charge in [0.05, 0.1) is 18.7 Å². The predicted molar refractivity (Wildman–Crippen MR) is 73.6 cm³/mol. The van der Waals surface area contributed by atoms with Gasteiger partial charge in [0.2, 0.25) is 0 Å². The monoisotopic (exact) mass is 291 g/mol. The number of carboxylic acids is 1. The number of aromatic nitrogens is 4. The summed E-state index contributed by atoms with van der Waals surface area (Å²) >= 11 is 0. The molecule has 112 valence electrons. The molecule has 2 heterocycles. The van der Waals surface area contributed by atoms with Crippen molar-refractivity contribution in [3.05, 3.63) is 35.4 Å². The molecule has 2 N–H and O–H groups in total. The van der Waals surface area contributed by atoms with Crippen molar-refractivity contribution in [3.8, 4) is 0 Å². The second-order valence-corrected chi connectivity index (χ2v) is 4.70. The van der Waals surface area contributed by atoms with Crippen molar-refractivity contribution in [1.82, 2.24) is 24.9 Å². The van der Waals surface area contributed by atoms with E-state index in [2.05, 4.69) is 15.5 Å². The Labute approximate surface area is 121 Å². The molecule has 0 aliphatic heterocycles. The summed E-state index contributed by atoms with van der Waals surface area (Å²) in [6, 6.07) is 1.56. The average molecular weight is 291 g/mol. The zero-order valence-corrected chi connectivity index (χ0v) is 11.9. The Morgan fingerprint density at radius 3 is 2.76 bits per heavy atom. The molecule has 0 aliphatic carbocycles. The highest BCUT2D eigenvalue weighted by molar-refractivity contribution is 5.92. The summed E-state index contributed by atoms with van der Waals surface area (Å²) in [7, 11) is 1.82. The SMILES string of the molecule is Cc1nn(C)cc1CNC(=O)c1ccn(CCC(=O)O)n1. The molecule has 8 nitrogen and oxygen atoms in total. The standard InChI is InChI=1S/C13H17N5O3/c1-9-10(8-17(2)15-9)7-14-13(21)11-3-5-18(16-11)6-4-12(19)20/h3,5,8H,4,6-7H2,1-2H3,(H,14,21)(H,19,20). The van der Waals surface area contributed by atoms with Gasteiger partial charge in [0.1, 0.15) is 5.69 Å². The van der Waals surface area contributed by atoms with Gasteiger partial charge in [-0.15, -0.1) is 0 Å². The third-order valence-corrected chi connectivity index (χ3v) is 2.98. The van der Waals surface area contributed by atoms with Crippen molar-refractivity contribution >= 4 is 11.9 Å². The van der Waals surface area contributed by atoms with Crippen LogP contribution in [0, 0.1) is 6.92 Å². The lowest BCUT2D eigenvalue weighted by Crippen LogP contribution is -2.23. The summed E-state index contributed by atoms with van der Waals surface area (Å²) in [6.07, 6.45) is 3.41. The van der Waals surface area contributed by atoms with Crippen molar-refractivity contribution < 1.29 is 14.7 Å².